The molecular formula is C70H47N3. The minimum absolute atomic E-state index is 1.08. The van der Waals surface area contributed by atoms with Gasteiger partial charge in [0.15, 0.2) is 0 Å². The molecule has 0 aliphatic carbocycles. The van der Waals surface area contributed by atoms with Gasteiger partial charge < -0.3 is 14.0 Å². The van der Waals surface area contributed by atoms with Crippen LogP contribution in [0.5, 0.6) is 0 Å². The standard InChI is InChI=1S/C70H47N3/c1-5-16-48(17-6-1)50-28-32-52(33-29-50)55-36-40-67-62(44-55)64-46-59(38-42-69(64)72(67)57-22-9-3-10-23-57)71(66-27-15-21-54-20-13-14-26-61(54)66)60-39-43-70-65(47-60)63-45-56(37-41-68(63)73(70)58-24-11-4-12-25-58)53-34-30-51(31-35-53)49-18-7-2-8-19-49/h1-47H. The van der Waals surface area contributed by atoms with E-state index in [-0.39, 0.29) is 0 Å². The average Bonchev–Trinajstić information content (AvgIpc) is 4.00. The zero-order valence-electron chi connectivity index (χ0n) is 40.0. The van der Waals surface area contributed by atoms with Gasteiger partial charge in [-0.2, -0.15) is 0 Å². The van der Waals surface area contributed by atoms with E-state index >= 15 is 0 Å². The molecule has 0 aliphatic heterocycles. The van der Waals surface area contributed by atoms with Crippen LogP contribution in [0.3, 0.4) is 0 Å². The van der Waals surface area contributed by atoms with Crippen LogP contribution in [-0.4, -0.2) is 9.13 Å². The minimum Gasteiger partial charge on any atom is -0.310 e. The number of rotatable bonds is 9. The van der Waals surface area contributed by atoms with Gasteiger partial charge in [-0.05, 0) is 141 Å². The highest BCUT2D eigenvalue weighted by Crippen LogP contribution is 2.45. The van der Waals surface area contributed by atoms with Crippen LogP contribution in [0.2, 0.25) is 0 Å². The fraction of sp³-hybridized carbons (Fsp3) is 0. The lowest BCUT2D eigenvalue weighted by molar-refractivity contribution is 1.18. The Kier molecular flexibility index (Phi) is 10.2. The molecule has 0 radical (unpaired) electrons. The van der Waals surface area contributed by atoms with Crippen molar-refractivity contribution in [3.05, 3.63) is 285 Å². The molecule has 0 unspecified atom stereocenters. The van der Waals surface area contributed by atoms with E-state index in [1.807, 2.05) is 0 Å². The monoisotopic (exact) mass is 929 g/mol. The van der Waals surface area contributed by atoms with Crippen molar-refractivity contribution in [3.8, 4) is 55.9 Å². The first-order valence-corrected chi connectivity index (χ1v) is 25.1. The van der Waals surface area contributed by atoms with E-state index in [0.717, 1.165) is 39.5 Å². The molecule has 0 saturated heterocycles. The van der Waals surface area contributed by atoms with Gasteiger partial charge >= 0.3 is 0 Å². The van der Waals surface area contributed by atoms with Crippen LogP contribution in [0, 0.1) is 0 Å². The minimum atomic E-state index is 1.08. The third-order valence-electron chi connectivity index (χ3n) is 14.7. The average molecular weight is 930 g/mol. The molecule has 0 bridgehead atoms. The maximum absolute atomic E-state index is 2.47. The number of nitrogens with zero attached hydrogens (tertiary/aromatic N) is 3. The fourth-order valence-electron chi connectivity index (χ4n) is 11.2. The maximum Gasteiger partial charge on any atom is 0.0542 e. The third kappa shape index (κ3) is 7.37. The van der Waals surface area contributed by atoms with Gasteiger partial charge in [0, 0.05) is 49.7 Å². The topological polar surface area (TPSA) is 13.1 Å². The van der Waals surface area contributed by atoms with Crippen molar-refractivity contribution in [1.29, 1.82) is 0 Å². The molecule has 3 nitrogen and oxygen atoms in total. The molecule has 342 valence electrons. The summed E-state index contributed by atoms with van der Waals surface area (Å²) in [5, 5.41) is 7.16. The molecule has 0 amide bonds. The molecule has 0 saturated carbocycles. The smallest absolute Gasteiger partial charge is 0.0542 e. The van der Waals surface area contributed by atoms with Crippen LogP contribution in [0.25, 0.3) is 110 Å². The molecule has 0 N–H and O–H groups in total. The summed E-state index contributed by atoms with van der Waals surface area (Å²) in [7, 11) is 0. The van der Waals surface area contributed by atoms with Crippen LogP contribution in [0.4, 0.5) is 17.1 Å². The Hall–Kier alpha value is -9.70. The molecule has 12 aromatic carbocycles. The van der Waals surface area contributed by atoms with E-state index in [1.54, 1.807) is 0 Å². The number of aromatic nitrogens is 2. The maximum atomic E-state index is 2.47. The van der Waals surface area contributed by atoms with Crippen molar-refractivity contribution >= 4 is 71.4 Å². The zero-order valence-corrected chi connectivity index (χ0v) is 40.0. The van der Waals surface area contributed by atoms with Crippen molar-refractivity contribution in [3.63, 3.8) is 0 Å². The highest BCUT2D eigenvalue weighted by molar-refractivity contribution is 6.14. The summed E-state index contributed by atoms with van der Waals surface area (Å²) in [6.07, 6.45) is 0. The van der Waals surface area contributed by atoms with E-state index < -0.39 is 0 Å². The van der Waals surface area contributed by atoms with E-state index in [0.29, 0.717) is 0 Å². The molecule has 0 spiro atoms. The predicted molar refractivity (Wildman–Crippen MR) is 309 cm³/mol. The number of benzene rings is 12. The second kappa shape index (κ2) is 17.6. The number of anilines is 3. The van der Waals surface area contributed by atoms with Crippen molar-refractivity contribution in [1.82, 2.24) is 9.13 Å². The molecular weight excluding hydrogens is 883 g/mol. The van der Waals surface area contributed by atoms with E-state index in [1.165, 1.54) is 87.9 Å². The SMILES string of the molecule is c1ccc(-c2ccc(-c3ccc4c(c3)c3cc(N(c5ccc6c(c5)c5cc(-c7ccc(-c8ccccc8)cc7)ccc5n6-c5ccccc5)c5cccc6ccccc56)ccc3n4-c3ccccc3)cc2)cc1. The molecule has 0 aliphatic rings. The Morgan fingerprint density at radius 2 is 0.548 bits per heavy atom. The predicted octanol–water partition coefficient (Wildman–Crippen LogP) is 19.2. The van der Waals surface area contributed by atoms with Gasteiger partial charge in [-0.1, -0.05) is 194 Å². The van der Waals surface area contributed by atoms with E-state index in [9.17, 15) is 0 Å². The number of hydrogen-bond donors (Lipinski definition) is 0. The second-order valence-electron chi connectivity index (χ2n) is 18.9. The summed E-state index contributed by atoms with van der Waals surface area (Å²) < 4.78 is 4.83. The first kappa shape index (κ1) is 42.2. The van der Waals surface area contributed by atoms with E-state index in [2.05, 4.69) is 299 Å². The molecule has 2 heterocycles. The van der Waals surface area contributed by atoms with Crippen molar-refractivity contribution in [2.75, 3.05) is 4.90 Å². The van der Waals surface area contributed by atoms with Crippen LogP contribution >= 0.6 is 0 Å². The molecule has 73 heavy (non-hydrogen) atoms. The van der Waals surface area contributed by atoms with Crippen LogP contribution < -0.4 is 4.90 Å². The van der Waals surface area contributed by atoms with Gasteiger partial charge in [0.1, 0.15) is 0 Å². The third-order valence-corrected chi connectivity index (χ3v) is 14.7. The Labute approximate surface area is 424 Å². The Bertz CT molecular complexity index is 4080. The van der Waals surface area contributed by atoms with Gasteiger partial charge in [0.05, 0.1) is 27.8 Å². The first-order chi connectivity index (χ1) is 36.2. The lowest BCUT2D eigenvalue weighted by atomic mass is 9.99. The highest BCUT2D eigenvalue weighted by Gasteiger charge is 2.22. The fourth-order valence-corrected chi connectivity index (χ4v) is 11.2. The lowest BCUT2D eigenvalue weighted by Gasteiger charge is -2.27. The summed E-state index contributed by atoms with van der Waals surface area (Å²) in [4.78, 5) is 2.47. The summed E-state index contributed by atoms with van der Waals surface area (Å²) in [6.45, 7) is 0. The van der Waals surface area contributed by atoms with Gasteiger partial charge in [0.25, 0.3) is 0 Å². The molecule has 2 aromatic heterocycles. The molecule has 0 fully saturated rings. The van der Waals surface area contributed by atoms with E-state index in [4.69, 9.17) is 0 Å². The summed E-state index contributed by atoms with van der Waals surface area (Å²) in [6, 6.07) is 104. The van der Waals surface area contributed by atoms with Crippen molar-refractivity contribution in [2.24, 2.45) is 0 Å². The highest BCUT2D eigenvalue weighted by atomic mass is 15.1. The normalized spacial score (nSPS) is 11.6. The van der Waals surface area contributed by atoms with Gasteiger partial charge in [-0.15, -0.1) is 0 Å². The largest absolute Gasteiger partial charge is 0.310 e. The Balaban J connectivity index is 0.973. The molecule has 14 aromatic rings. The summed E-state index contributed by atoms with van der Waals surface area (Å²) >= 11 is 0. The summed E-state index contributed by atoms with van der Waals surface area (Å²) in [5.74, 6) is 0. The van der Waals surface area contributed by atoms with Gasteiger partial charge in [0.2, 0.25) is 0 Å². The molecule has 14 rings (SSSR count). The summed E-state index contributed by atoms with van der Waals surface area (Å²) in [5.41, 5.74) is 19.8. The van der Waals surface area contributed by atoms with Crippen molar-refractivity contribution in [2.45, 2.75) is 0 Å². The van der Waals surface area contributed by atoms with Gasteiger partial charge in [-0.3, -0.25) is 0 Å². The first-order valence-electron chi connectivity index (χ1n) is 25.1. The lowest BCUT2D eigenvalue weighted by Crippen LogP contribution is -2.10. The van der Waals surface area contributed by atoms with Crippen molar-refractivity contribution < 1.29 is 0 Å². The number of hydrogen-bond acceptors (Lipinski definition) is 1. The van der Waals surface area contributed by atoms with Gasteiger partial charge in [-0.25, -0.2) is 0 Å². The van der Waals surface area contributed by atoms with Crippen LogP contribution in [0.15, 0.2) is 285 Å². The molecule has 3 heteroatoms. The molecule has 0 atom stereocenters. The Morgan fingerprint density at radius 3 is 1.00 bits per heavy atom. The zero-order chi connectivity index (χ0) is 48.2. The van der Waals surface area contributed by atoms with Crippen LogP contribution in [-0.2, 0) is 0 Å². The number of fused-ring (bicyclic) bond motifs is 7. The second-order valence-corrected chi connectivity index (χ2v) is 18.9. The Morgan fingerprint density at radius 1 is 0.219 bits per heavy atom. The number of para-hydroxylation sites is 2. The quantitative estimate of drug-likeness (QED) is 0.141. The van der Waals surface area contributed by atoms with Crippen LogP contribution in [0.1, 0.15) is 0 Å².